The van der Waals surface area contributed by atoms with E-state index >= 15 is 0 Å². The molecule has 4 N–H and O–H groups in total. The highest BCUT2D eigenvalue weighted by Gasteiger charge is 2.01. The van der Waals surface area contributed by atoms with Crippen LogP contribution in [0.4, 0.5) is 5.69 Å². The van der Waals surface area contributed by atoms with Gasteiger partial charge in [-0.2, -0.15) is 0 Å². The second-order valence-electron chi connectivity index (χ2n) is 2.74. The van der Waals surface area contributed by atoms with E-state index in [0.29, 0.717) is 0 Å². The molecule has 15 heavy (non-hydrogen) atoms. The predicted molar refractivity (Wildman–Crippen MR) is 55.1 cm³/mol. The molecule has 0 aliphatic rings. The number of amides is 2. The smallest absolute Gasteiger partial charge is 0.248 e. The molecule has 2 amide bonds. The van der Waals surface area contributed by atoms with Gasteiger partial charge in [-0.05, 0) is 12.1 Å². The molecule has 1 rings (SSSR count). The van der Waals surface area contributed by atoms with Gasteiger partial charge in [0.05, 0.1) is 5.69 Å². The third kappa shape index (κ3) is 3.51. The molecule has 0 aliphatic heterocycles. The van der Waals surface area contributed by atoms with Crippen molar-refractivity contribution in [1.29, 1.82) is 0 Å². The second-order valence-corrected chi connectivity index (χ2v) is 2.74. The molecule has 0 bridgehead atoms. The average Bonchev–Trinajstić information content (AvgIpc) is 2.18. The molecule has 5 nitrogen and oxygen atoms in total. The Morgan fingerprint density at radius 2 is 1.93 bits per heavy atom. The number of hydrogen-bond donors (Lipinski definition) is 3. The summed E-state index contributed by atoms with van der Waals surface area (Å²) in [5.41, 5.74) is 5.08. The first-order chi connectivity index (χ1) is 7.09. The summed E-state index contributed by atoms with van der Waals surface area (Å²) in [5.74, 6) is -1.28. The Bertz CT molecular complexity index is 413. The molecule has 0 radical (unpaired) electrons. The van der Waals surface area contributed by atoms with Crippen LogP contribution < -0.4 is 11.1 Å². The number of nitrogens with two attached hydrogens (primary N) is 1. The zero-order chi connectivity index (χ0) is 11.3. The molecule has 0 atom stereocenters. The maximum Gasteiger partial charge on any atom is 0.248 e. The minimum Gasteiger partial charge on any atom is -0.506 e. The Morgan fingerprint density at radius 3 is 2.53 bits per heavy atom. The number of aromatic hydroxyl groups is 1. The first-order valence-corrected chi connectivity index (χ1v) is 4.16. The van der Waals surface area contributed by atoms with Gasteiger partial charge >= 0.3 is 0 Å². The van der Waals surface area contributed by atoms with Crippen LogP contribution in [-0.2, 0) is 9.59 Å². The van der Waals surface area contributed by atoms with Crippen LogP contribution in [0.5, 0.6) is 5.75 Å². The molecule has 0 unspecified atom stereocenters. The van der Waals surface area contributed by atoms with Crippen LogP contribution in [0, 0.1) is 0 Å². The van der Waals surface area contributed by atoms with Crippen molar-refractivity contribution in [2.24, 2.45) is 5.73 Å². The summed E-state index contributed by atoms with van der Waals surface area (Å²) in [6, 6.07) is 6.26. The molecule has 5 heteroatoms. The summed E-state index contributed by atoms with van der Waals surface area (Å²) in [4.78, 5) is 21.5. The van der Waals surface area contributed by atoms with Crippen LogP contribution in [0.3, 0.4) is 0 Å². The van der Waals surface area contributed by atoms with Crippen LogP contribution in [0.25, 0.3) is 0 Å². The molecule has 0 saturated carbocycles. The maximum absolute atomic E-state index is 11.2. The van der Waals surface area contributed by atoms with E-state index in [4.69, 9.17) is 5.73 Å². The van der Waals surface area contributed by atoms with E-state index in [1.165, 1.54) is 12.1 Å². The lowest BCUT2D eigenvalue weighted by molar-refractivity contribution is -0.115. The number of rotatable bonds is 3. The Hall–Kier alpha value is -2.30. The molecule has 1 aromatic carbocycles. The third-order valence-corrected chi connectivity index (χ3v) is 1.56. The Labute approximate surface area is 86.2 Å². The first-order valence-electron chi connectivity index (χ1n) is 4.16. The molecule has 0 heterocycles. The number of anilines is 1. The van der Waals surface area contributed by atoms with Crippen molar-refractivity contribution in [3.8, 4) is 5.75 Å². The largest absolute Gasteiger partial charge is 0.506 e. The number of nitrogens with one attached hydrogen (secondary N) is 1. The fourth-order valence-corrected chi connectivity index (χ4v) is 0.912. The van der Waals surface area contributed by atoms with Crippen molar-refractivity contribution in [2.45, 2.75) is 0 Å². The molecular formula is C10H10N2O3. The van der Waals surface area contributed by atoms with Crippen molar-refractivity contribution in [3.63, 3.8) is 0 Å². The standard InChI is InChI=1S/C10H10N2O3/c11-9(14)5-6-10(15)12-7-3-1-2-4-8(7)13/h1-6,13H,(H2,11,14)(H,12,15)/b6-5-. The van der Waals surface area contributed by atoms with Gasteiger partial charge in [0.25, 0.3) is 0 Å². The molecule has 0 aromatic heterocycles. The molecule has 0 spiro atoms. The fraction of sp³-hybridized carbons (Fsp3) is 0. The number of phenols is 1. The van der Waals surface area contributed by atoms with E-state index in [9.17, 15) is 14.7 Å². The molecule has 1 aromatic rings. The zero-order valence-corrected chi connectivity index (χ0v) is 7.81. The first kappa shape index (κ1) is 10.8. The number of primary amides is 1. The Kier molecular flexibility index (Phi) is 3.45. The summed E-state index contributed by atoms with van der Waals surface area (Å²) in [6.45, 7) is 0. The second kappa shape index (κ2) is 4.80. The molecule has 0 aliphatic carbocycles. The lowest BCUT2D eigenvalue weighted by atomic mass is 10.3. The summed E-state index contributed by atoms with van der Waals surface area (Å²) in [6.07, 6.45) is 1.93. The minimum absolute atomic E-state index is 0.0432. The number of para-hydroxylation sites is 2. The number of phenolic OH excluding ortho intramolecular Hbond substituents is 1. The van der Waals surface area contributed by atoms with Gasteiger partial charge in [0.2, 0.25) is 11.8 Å². The van der Waals surface area contributed by atoms with Crippen molar-refractivity contribution < 1.29 is 14.7 Å². The van der Waals surface area contributed by atoms with E-state index in [-0.39, 0.29) is 11.4 Å². The quantitative estimate of drug-likeness (QED) is 0.492. The van der Waals surface area contributed by atoms with Gasteiger partial charge in [-0.1, -0.05) is 12.1 Å². The molecule has 0 saturated heterocycles. The highest BCUT2D eigenvalue weighted by Crippen LogP contribution is 2.21. The SMILES string of the molecule is NC(=O)/C=C\C(=O)Nc1ccccc1O. The predicted octanol–water partition coefficient (Wildman–Crippen LogP) is 0.372. The molecule has 0 fully saturated rings. The molecular weight excluding hydrogens is 196 g/mol. The van der Waals surface area contributed by atoms with Crippen LogP contribution in [-0.4, -0.2) is 16.9 Å². The van der Waals surface area contributed by atoms with E-state index < -0.39 is 11.8 Å². The summed E-state index contributed by atoms with van der Waals surface area (Å²) < 4.78 is 0. The van der Waals surface area contributed by atoms with Gasteiger partial charge < -0.3 is 16.2 Å². The zero-order valence-electron chi connectivity index (χ0n) is 7.81. The van der Waals surface area contributed by atoms with E-state index in [1.54, 1.807) is 12.1 Å². The van der Waals surface area contributed by atoms with Gasteiger partial charge in [-0.15, -0.1) is 0 Å². The van der Waals surface area contributed by atoms with Gasteiger partial charge in [-0.3, -0.25) is 9.59 Å². The van der Waals surface area contributed by atoms with E-state index in [2.05, 4.69) is 5.32 Å². The lowest BCUT2D eigenvalue weighted by Crippen LogP contribution is -2.11. The van der Waals surface area contributed by atoms with Gasteiger partial charge in [0.15, 0.2) is 0 Å². The number of hydrogen-bond acceptors (Lipinski definition) is 3. The Balaban J connectivity index is 2.67. The van der Waals surface area contributed by atoms with Gasteiger partial charge in [0.1, 0.15) is 5.75 Å². The normalized spacial score (nSPS) is 10.1. The van der Waals surface area contributed by atoms with E-state index in [0.717, 1.165) is 12.2 Å². The summed E-state index contributed by atoms with van der Waals surface area (Å²) >= 11 is 0. The summed E-state index contributed by atoms with van der Waals surface area (Å²) in [7, 11) is 0. The monoisotopic (exact) mass is 206 g/mol. The number of carbonyl (C=O) groups is 2. The molecule has 78 valence electrons. The minimum atomic E-state index is -0.706. The third-order valence-electron chi connectivity index (χ3n) is 1.56. The van der Waals surface area contributed by atoms with Crippen molar-refractivity contribution in [2.75, 3.05) is 5.32 Å². The van der Waals surface area contributed by atoms with Crippen LogP contribution in [0.2, 0.25) is 0 Å². The lowest BCUT2D eigenvalue weighted by Gasteiger charge is -2.03. The summed E-state index contributed by atoms with van der Waals surface area (Å²) in [5, 5.41) is 11.7. The highest BCUT2D eigenvalue weighted by molar-refractivity contribution is 6.03. The van der Waals surface area contributed by atoms with Crippen LogP contribution in [0.15, 0.2) is 36.4 Å². The fourth-order valence-electron chi connectivity index (χ4n) is 0.912. The number of carbonyl (C=O) groups excluding carboxylic acids is 2. The topological polar surface area (TPSA) is 92.4 Å². The number of benzene rings is 1. The average molecular weight is 206 g/mol. The van der Waals surface area contributed by atoms with E-state index in [1.807, 2.05) is 0 Å². The Morgan fingerprint density at radius 1 is 1.27 bits per heavy atom. The van der Waals surface area contributed by atoms with Crippen molar-refractivity contribution in [3.05, 3.63) is 36.4 Å². The van der Waals surface area contributed by atoms with Crippen LogP contribution >= 0.6 is 0 Å². The maximum atomic E-state index is 11.2. The van der Waals surface area contributed by atoms with Gasteiger partial charge in [-0.25, -0.2) is 0 Å². The van der Waals surface area contributed by atoms with Gasteiger partial charge in [0, 0.05) is 12.2 Å². The van der Waals surface area contributed by atoms with Crippen molar-refractivity contribution in [1.82, 2.24) is 0 Å². The highest BCUT2D eigenvalue weighted by atomic mass is 16.3. The van der Waals surface area contributed by atoms with Crippen LogP contribution in [0.1, 0.15) is 0 Å². The van der Waals surface area contributed by atoms with Crippen molar-refractivity contribution >= 4 is 17.5 Å².